The van der Waals surface area contributed by atoms with E-state index in [1.807, 2.05) is 0 Å². The summed E-state index contributed by atoms with van der Waals surface area (Å²) in [7, 11) is 0. The van der Waals surface area contributed by atoms with Crippen molar-refractivity contribution in [1.29, 1.82) is 0 Å². The second-order valence-electron chi connectivity index (χ2n) is 4.82. The van der Waals surface area contributed by atoms with Gasteiger partial charge in [0, 0.05) is 6.54 Å². The average Bonchev–Trinajstić information content (AvgIpc) is 2.91. The largest absolute Gasteiger partial charge is 0.352 e. The van der Waals surface area contributed by atoms with Crippen LogP contribution in [0.15, 0.2) is 18.2 Å². The molecule has 1 amide bonds. The Morgan fingerprint density at radius 2 is 2.35 bits per heavy atom. The molecule has 6 nitrogen and oxygen atoms in total. The number of benzene rings is 1. The van der Waals surface area contributed by atoms with Crippen molar-refractivity contribution in [2.75, 3.05) is 19.6 Å². The van der Waals surface area contributed by atoms with E-state index in [0.29, 0.717) is 12.5 Å². The molecule has 7 heteroatoms. The van der Waals surface area contributed by atoms with Crippen LogP contribution < -0.4 is 10.6 Å². The third-order valence-corrected chi connectivity index (χ3v) is 3.40. The number of halogens is 1. The van der Waals surface area contributed by atoms with Gasteiger partial charge in [0.25, 0.3) is 11.6 Å². The summed E-state index contributed by atoms with van der Waals surface area (Å²) in [6, 6.07) is 2.94. The lowest BCUT2D eigenvalue weighted by Crippen LogP contribution is -2.27. The standard InChI is InChI=1S/C13H16FN3O3/c14-10-1-2-11(12(7-10)17(19)20)13(18)16-6-4-9-3-5-15-8-9/h1-2,7,9,15H,3-6,8H2,(H,16,18). The molecule has 1 atom stereocenters. The van der Waals surface area contributed by atoms with Gasteiger partial charge in [-0.25, -0.2) is 4.39 Å². The molecule has 1 unspecified atom stereocenters. The van der Waals surface area contributed by atoms with Crippen LogP contribution in [0, 0.1) is 21.8 Å². The zero-order chi connectivity index (χ0) is 14.5. The van der Waals surface area contributed by atoms with Crippen molar-refractivity contribution in [2.24, 2.45) is 5.92 Å². The smallest absolute Gasteiger partial charge is 0.285 e. The van der Waals surface area contributed by atoms with Crippen molar-refractivity contribution >= 4 is 11.6 Å². The molecule has 108 valence electrons. The lowest BCUT2D eigenvalue weighted by atomic mass is 10.1. The van der Waals surface area contributed by atoms with E-state index in [0.717, 1.165) is 44.1 Å². The molecular formula is C13H16FN3O3. The highest BCUT2D eigenvalue weighted by atomic mass is 19.1. The normalized spacial score (nSPS) is 17.9. The predicted molar refractivity (Wildman–Crippen MR) is 71.0 cm³/mol. The summed E-state index contributed by atoms with van der Waals surface area (Å²) in [5, 5.41) is 16.7. The first-order valence-electron chi connectivity index (χ1n) is 6.51. The van der Waals surface area contributed by atoms with Gasteiger partial charge < -0.3 is 10.6 Å². The molecule has 1 aromatic rings. The van der Waals surface area contributed by atoms with E-state index in [1.165, 1.54) is 0 Å². The molecule has 2 N–H and O–H groups in total. The van der Waals surface area contributed by atoms with E-state index in [9.17, 15) is 19.3 Å². The maximum absolute atomic E-state index is 13.0. The molecule has 20 heavy (non-hydrogen) atoms. The monoisotopic (exact) mass is 281 g/mol. The topological polar surface area (TPSA) is 84.3 Å². The van der Waals surface area contributed by atoms with Gasteiger partial charge in [-0.05, 0) is 44.0 Å². The first-order chi connectivity index (χ1) is 9.58. The molecular weight excluding hydrogens is 265 g/mol. The summed E-state index contributed by atoms with van der Waals surface area (Å²) < 4.78 is 13.0. The van der Waals surface area contributed by atoms with Gasteiger partial charge >= 0.3 is 0 Å². The Balaban J connectivity index is 1.96. The van der Waals surface area contributed by atoms with E-state index in [4.69, 9.17) is 0 Å². The summed E-state index contributed by atoms with van der Waals surface area (Å²) in [6.07, 6.45) is 1.90. The van der Waals surface area contributed by atoms with Gasteiger partial charge in [-0.15, -0.1) is 0 Å². The fraction of sp³-hybridized carbons (Fsp3) is 0.462. The van der Waals surface area contributed by atoms with E-state index < -0.39 is 22.3 Å². The Hall–Kier alpha value is -2.02. The van der Waals surface area contributed by atoms with Crippen LogP contribution in [0.3, 0.4) is 0 Å². The van der Waals surface area contributed by atoms with Crippen LogP contribution in [0.4, 0.5) is 10.1 Å². The number of hydrogen-bond donors (Lipinski definition) is 2. The Bertz CT molecular complexity index is 516. The van der Waals surface area contributed by atoms with E-state index in [1.54, 1.807) is 0 Å². The maximum Gasteiger partial charge on any atom is 0.285 e. The number of nitro groups is 1. The molecule has 0 saturated carbocycles. The number of nitrogens with one attached hydrogen (secondary N) is 2. The van der Waals surface area contributed by atoms with Crippen molar-refractivity contribution < 1.29 is 14.1 Å². The molecule has 1 aliphatic rings. The Morgan fingerprint density at radius 3 is 3.00 bits per heavy atom. The summed E-state index contributed by atoms with van der Waals surface area (Å²) in [5.41, 5.74) is -0.619. The van der Waals surface area contributed by atoms with Gasteiger partial charge in [-0.2, -0.15) is 0 Å². The summed E-state index contributed by atoms with van der Waals surface area (Å²) in [4.78, 5) is 22.0. The summed E-state index contributed by atoms with van der Waals surface area (Å²) in [5.74, 6) is -0.744. The molecule has 0 bridgehead atoms. The number of rotatable bonds is 5. The third kappa shape index (κ3) is 3.51. The van der Waals surface area contributed by atoms with Gasteiger partial charge in [0.05, 0.1) is 11.0 Å². The van der Waals surface area contributed by atoms with Gasteiger partial charge in [-0.3, -0.25) is 14.9 Å². The predicted octanol–water partition coefficient (Wildman–Crippen LogP) is 1.46. The van der Waals surface area contributed by atoms with Crippen LogP contribution in [-0.4, -0.2) is 30.5 Å². The maximum atomic E-state index is 13.0. The van der Waals surface area contributed by atoms with Crippen molar-refractivity contribution in [3.8, 4) is 0 Å². The highest BCUT2D eigenvalue weighted by molar-refractivity contribution is 5.98. The number of carbonyl (C=O) groups excluding carboxylic acids is 1. The second-order valence-corrected chi connectivity index (χ2v) is 4.82. The van der Waals surface area contributed by atoms with Crippen LogP contribution in [0.1, 0.15) is 23.2 Å². The van der Waals surface area contributed by atoms with E-state index in [-0.39, 0.29) is 5.56 Å². The molecule has 1 saturated heterocycles. The van der Waals surface area contributed by atoms with E-state index in [2.05, 4.69) is 10.6 Å². The van der Waals surface area contributed by atoms with Crippen LogP contribution >= 0.6 is 0 Å². The molecule has 0 spiro atoms. The first-order valence-corrected chi connectivity index (χ1v) is 6.51. The molecule has 2 rings (SSSR count). The average molecular weight is 281 g/mol. The summed E-state index contributed by atoms with van der Waals surface area (Å²) >= 11 is 0. The minimum absolute atomic E-state index is 0.110. The van der Waals surface area contributed by atoms with Gasteiger partial charge in [0.1, 0.15) is 11.4 Å². The second kappa shape index (κ2) is 6.42. The first kappa shape index (κ1) is 14.4. The lowest BCUT2D eigenvalue weighted by Gasteiger charge is -2.09. The van der Waals surface area contributed by atoms with Crippen LogP contribution in [0.5, 0.6) is 0 Å². The van der Waals surface area contributed by atoms with Crippen molar-refractivity contribution in [3.05, 3.63) is 39.7 Å². The van der Waals surface area contributed by atoms with Gasteiger partial charge in [0.2, 0.25) is 0 Å². The number of nitro benzene ring substituents is 1. The van der Waals surface area contributed by atoms with Crippen LogP contribution in [0.2, 0.25) is 0 Å². The molecule has 1 fully saturated rings. The summed E-state index contributed by atoms with van der Waals surface area (Å²) in [6.45, 7) is 2.38. The minimum Gasteiger partial charge on any atom is -0.352 e. The Morgan fingerprint density at radius 1 is 1.55 bits per heavy atom. The molecule has 0 radical (unpaired) electrons. The highest BCUT2D eigenvalue weighted by Gasteiger charge is 2.21. The Kier molecular flexibility index (Phi) is 4.62. The fourth-order valence-corrected chi connectivity index (χ4v) is 2.29. The Labute approximate surface area is 115 Å². The SMILES string of the molecule is O=C(NCCC1CCNC1)c1ccc(F)cc1[N+](=O)[O-]. The minimum atomic E-state index is -0.751. The number of carbonyl (C=O) groups is 1. The van der Waals surface area contributed by atoms with Gasteiger partial charge in [-0.1, -0.05) is 0 Å². The van der Waals surface area contributed by atoms with Gasteiger partial charge in [0.15, 0.2) is 0 Å². The van der Waals surface area contributed by atoms with E-state index >= 15 is 0 Å². The highest BCUT2D eigenvalue weighted by Crippen LogP contribution is 2.19. The van der Waals surface area contributed by atoms with Crippen molar-refractivity contribution in [3.63, 3.8) is 0 Å². The number of hydrogen-bond acceptors (Lipinski definition) is 4. The van der Waals surface area contributed by atoms with Crippen LogP contribution in [0.25, 0.3) is 0 Å². The molecule has 0 aliphatic carbocycles. The lowest BCUT2D eigenvalue weighted by molar-refractivity contribution is -0.385. The number of amides is 1. The van der Waals surface area contributed by atoms with Crippen LogP contribution in [-0.2, 0) is 0 Å². The molecule has 1 aromatic carbocycles. The van der Waals surface area contributed by atoms with Crippen molar-refractivity contribution in [1.82, 2.24) is 10.6 Å². The van der Waals surface area contributed by atoms with Crippen molar-refractivity contribution in [2.45, 2.75) is 12.8 Å². The zero-order valence-electron chi connectivity index (χ0n) is 10.9. The number of nitrogens with zero attached hydrogens (tertiary/aromatic N) is 1. The fourth-order valence-electron chi connectivity index (χ4n) is 2.29. The third-order valence-electron chi connectivity index (χ3n) is 3.40. The quantitative estimate of drug-likeness (QED) is 0.632. The molecule has 0 aromatic heterocycles. The molecule has 1 aliphatic heterocycles. The molecule has 1 heterocycles. The zero-order valence-corrected chi connectivity index (χ0v) is 10.9.